The second-order valence-electron chi connectivity index (χ2n) is 5.01. The van der Waals surface area contributed by atoms with E-state index in [-0.39, 0.29) is 17.2 Å². The van der Waals surface area contributed by atoms with Crippen molar-refractivity contribution in [1.29, 1.82) is 5.26 Å². The highest BCUT2D eigenvalue weighted by Crippen LogP contribution is 2.38. The summed E-state index contributed by atoms with van der Waals surface area (Å²) in [5.41, 5.74) is 1.74. The summed E-state index contributed by atoms with van der Waals surface area (Å²) in [4.78, 5) is 0. The number of phenolic OH excluding ortho intramolecular Hbond substituents is 1. The van der Waals surface area contributed by atoms with Gasteiger partial charge in [-0.3, -0.25) is 0 Å². The van der Waals surface area contributed by atoms with Gasteiger partial charge in [-0.15, -0.1) is 0 Å². The number of benzene rings is 2. The Hall–Kier alpha value is -3.33. The van der Waals surface area contributed by atoms with Crippen molar-refractivity contribution in [2.24, 2.45) is 0 Å². The molecule has 1 N–H and O–H groups in total. The molecule has 0 spiro atoms. The van der Waals surface area contributed by atoms with Crippen LogP contribution in [-0.2, 0) is 0 Å². The predicted octanol–water partition coefficient (Wildman–Crippen LogP) is 3.49. The van der Waals surface area contributed by atoms with E-state index in [9.17, 15) is 10.4 Å². The van der Waals surface area contributed by atoms with Gasteiger partial charge in [-0.05, 0) is 47.5 Å². The largest absolute Gasteiger partial charge is 0.502 e. The van der Waals surface area contributed by atoms with Crippen LogP contribution in [0.2, 0.25) is 0 Å². The maximum atomic E-state index is 9.98. The first kappa shape index (κ1) is 18.0. The van der Waals surface area contributed by atoms with Gasteiger partial charge in [0.05, 0.1) is 40.1 Å². The van der Waals surface area contributed by atoms with Crippen molar-refractivity contribution < 1.29 is 24.1 Å². The highest BCUT2D eigenvalue weighted by molar-refractivity contribution is 5.90. The molecule has 0 amide bonds. The zero-order valence-corrected chi connectivity index (χ0v) is 14.5. The molecule has 6 heteroatoms. The summed E-state index contributed by atoms with van der Waals surface area (Å²) in [6, 6.07) is 10.6. The third-order valence-electron chi connectivity index (χ3n) is 3.63. The Labute approximate surface area is 146 Å². The third kappa shape index (κ3) is 3.78. The number of phenols is 1. The highest BCUT2D eigenvalue weighted by atomic mass is 16.5. The predicted molar refractivity (Wildman–Crippen MR) is 94.2 cm³/mol. The van der Waals surface area contributed by atoms with Crippen LogP contribution in [0.15, 0.2) is 30.3 Å². The van der Waals surface area contributed by atoms with Crippen molar-refractivity contribution in [3.05, 3.63) is 41.5 Å². The molecule has 0 aliphatic rings. The summed E-state index contributed by atoms with van der Waals surface area (Å²) >= 11 is 0. The molecule has 0 saturated carbocycles. The number of allylic oxidation sites excluding steroid dienone is 1. The van der Waals surface area contributed by atoms with Gasteiger partial charge >= 0.3 is 0 Å². The molecule has 0 aliphatic heterocycles. The Morgan fingerprint density at radius 2 is 1.44 bits per heavy atom. The number of nitrogens with zero attached hydrogens (tertiary/aromatic N) is 1. The molecule has 0 aliphatic carbocycles. The summed E-state index contributed by atoms with van der Waals surface area (Å²) in [7, 11) is 5.98. The Kier molecular flexibility index (Phi) is 5.75. The van der Waals surface area contributed by atoms with E-state index in [1.807, 2.05) is 0 Å². The second-order valence-corrected chi connectivity index (χ2v) is 5.01. The summed E-state index contributed by atoms with van der Waals surface area (Å²) < 4.78 is 20.8. The van der Waals surface area contributed by atoms with E-state index in [1.165, 1.54) is 21.3 Å². The number of rotatable bonds is 6. The first-order valence-electron chi connectivity index (χ1n) is 7.37. The summed E-state index contributed by atoms with van der Waals surface area (Å²) in [5.74, 6) is 1.54. The Morgan fingerprint density at radius 1 is 0.880 bits per heavy atom. The highest BCUT2D eigenvalue weighted by Gasteiger charge is 2.12. The van der Waals surface area contributed by atoms with E-state index < -0.39 is 0 Å². The lowest BCUT2D eigenvalue weighted by atomic mass is 10.0. The fourth-order valence-electron chi connectivity index (χ4n) is 2.35. The van der Waals surface area contributed by atoms with Gasteiger partial charge < -0.3 is 24.1 Å². The van der Waals surface area contributed by atoms with Gasteiger partial charge in [-0.2, -0.15) is 5.26 Å². The molecule has 130 valence electrons. The van der Waals surface area contributed by atoms with E-state index in [1.54, 1.807) is 43.5 Å². The number of methoxy groups -OCH3 is 4. The van der Waals surface area contributed by atoms with Gasteiger partial charge in [0.1, 0.15) is 0 Å². The molecule has 25 heavy (non-hydrogen) atoms. The number of hydrogen-bond donors (Lipinski definition) is 1. The first-order valence-corrected chi connectivity index (χ1v) is 7.37. The van der Waals surface area contributed by atoms with E-state index in [2.05, 4.69) is 6.07 Å². The number of aromatic hydroxyl groups is 1. The topological polar surface area (TPSA) is 80.9 Å². The molecule has 0 fully saturated rings. The van der Waals surface area contributed by atoms with Crippen LogP contribution in [0.25, 0.3) is 11.6 Å². The molecule has 0 heterocycles. The zero-order chi connectivity index (χ0) is 18.4. The van der Waals surface area contributed by atoms with Crippen molar-refractivity contribution in [3.8, 4) is 34.8 Å². The number of nitriles is 1. The fraction of sp³-hybridized carbons (Fsp3) is 0.211. The van der Waals surface area contributed by atoms with Crippen LogP contribution in [-0.4, -0.2) is 33.5 Å². The van der Waals surface area contributed by atoms with Crippen LogP contribution in [0.1, 0.15) is 11.1 Å². The molecule has 2 aromatic carbocycles. The summed E-state index contributed by atoms with van der Waals surface area (Å²) in [5, 5.41) is 19.5. The van der Waals surface area contributed by atoms with Gasteiger partial charge in [0.25, 0.3) is 0 Å². The van der Waals surface area contributed by atoms with E-state index >= 15 is 0 Å². The molecule has 0 radical (unpaired) electrons. The summed E-state index contributed by atoms with van der Waals surface area (Å²) in [6.07, 6.45) is 1.67. The van der Waals surface area contributed by atoms with Gasteiger partial charge in [-0.1, -0.05) is 0 Å². The maximum absolute atomic E-state index is 9.98. The lowest BCUT2D eigenvalue weighted by Crippen LogP contribution is -1.93. The van der Waals surface area contributed by atoms with Crippen LogP contribution >= 0.6 is 0 Å². The average molecular weight is 341 g/mol. The summed E-state index contributed by atoms with van der Waals surface area (Å²) in [6.45, 7) is 0. The first-order chi connectivity index (χ1) is 12.1. The van der Waals surface area contributed by atoms with Crippen molar-refractivity contribution in [3.63, 3.8) is 0 Å². The van der Waals surface area contributed by atoms with Gasteiger partial charge in [0.15, 0.2) is 23.0 Å². The smallest absolute Gasteiger partial charge is 0.200 e. The molecule has 0 bridgehead atoms. The lowest BCUT2D eigenvalue weighted by Gasteiger charge is -2.11. The number of hydrogen-bond acceptors (Lipinski definition) is 6. The second kappa shape index (κ2) is 7.97. The standard InChI is InChI=1S/C19H19NO5/c1-22-15-6-5-13(10-16(15)23-2)14(11-20)7-12-8-17(24-3)19(21)18(9-12)25-4/h5-10,21H,1-4H3/b14-7+. The van der Waals surface area contributed by atoms with Crippen LogP contribution in [0.5, 0.6) is 28.7 Å². The molecule has 0 unspecified atom stereocenters. The Morgan fingerprint density at radius 3 is 1.92 bits per heavy atom. The van der Waals surface area contributed by atoms with Crippen molar-refractivity contribution in [2.45, 2.75) is 0 Å². The van der Waals surface area contributed by atoms with Crippen molar-refractivity contribution in [2.75, 3.05) is 28.4 Å². The quantitative estimate of drug-likeness (QED) is 0.640. The van der Waals surface area contributed by atoms with Gasteiger partial charge in [0, 0.05) is 0 Å². The van der Waals surface area contributed by atoms with Crippen molar-refractivity contribution in [1.82, 2.24) is 0 Å². The maximum Gasteiger partial charge on any atom is 0.200 e. The van der Waals surface area contributed by atoms with Crippen LogP contribution in [0.4, 0.5) is 0 Å². The lowest BCUT2D eigenvalue weighted by molar-refractivity contribution is 0.340. The molecular formula is C19H19NO5. The minimum absolute atomic E-state index is 0.0909. The number of ether oxygens (including phenoxy) is 4. The molecule has 2 rings (SSSR count). The van der Waals surface area contributed by atoms with Crippen LogP contribution < -0.4 is 18.9 Å². The molecule has 6 nitrogen and oxygen atoms in total. The van der Waals surface area contributed by atoms with Crippen molar-refractivity contribution >= 4 is 11.6 Å². The van der Waals surface area contributed by atoms with E-state index in [4.69, 9.17) is 18.9 Å². The molecule has 0 aromatic heterocycles. The average Bonchev–Trinajstić information content (AvgIpc) is 2.66. The van der Waals surface area contributed by atoms with E-state index in [0.717, 1.165) is 0 Å². The van der Waals surface area contributed by atoms with Crippen LogP contribution in [0.3, 0.4) is 0 Å². The SMILES string of the molecule is COc1ccc(/C(C#N)=C/c2cc(OC)c(O)c(OC)c2)cc1OC. The monoisotopic (exact) mass is 341 g/mol. The Balaban J connectivity index is 2.53. The Bertz CT molecular complexity index is 811. The van der Waals surface area contributed by atoms with Gasteiger partial charge in [0.2, 0.25) is 5.75 Å². The normalized spacial score (nSPS) is 10.8. The van der Waals surface area contributed by atoms with Crippen LogP contribution in [0, 0.1) is 11.3 Å². The van der Waals surface area contributed by atoms with E-state index in [0.29, 0.717) is 28.2 Å². The third-order valence-corrected chi connectivity index (χ3v) is 3.63. The molecule has 0 atom stereocenters. The molecule has 2 aromatic rings. The zero-order valence-electron chi connectivity index (χ0n) is 14.5. The van der Waals surface area contributed by atoms with Gasteiger partial charge in [-0.25, -0.2) is 0 Å². The molecular weight excluding hydrogens is 322 g/mol. The molecule has 0 saturated heterocycles. The minimum Gasteiger partial charge on any atom is -0.502 e. The fourth-order valence-corrected chi connectivity index (χ4v) is 2.35. The minimum atomic E-state index is -0.0909.